The minimum atomic E-state index is -0.991. The molecule has 3 aromatic rings. The maximum Gasteiger partial charge on any atom is 0.408 e. The number of aryl methyl sites for hydroxylation is 2. The summed E-state index contributed by atoms with van der Waals surface area (Å²) in [5.74, 6) is -0.716. The van der Waals surface area contributed by atoms with Crippen LogP contribution in [0.5, 0.6) is 0 Å². The molecule has 0 aliphatic carbocycles. The van der Waals surface area contributed by atoms with Crippen LogP contribution < -0.4 is 10.6 Å². The normalized spacial score (nSPS) is 13.7. The minimum Gasteiger partial charge on any atom is -0.444 e. The highest BCUT2D eigenvalue weighted by molar-refractivity contribution is 7.80. The van der Waals surface area contributed by atoms with Gasteiger partial charge in [0.15, 0.2) is 0 Å². The number of alkyl carbamates (subject to hydrolysis) is 1. The number of carbonyl (C=O) groups is 3. The highest BCUT2D eigenvalue weighted by Gasteiger charge is 2.38. The summed E-state index contributed by atoms with van der Waals surface area (Å²) in [5, 5.41) is 7.76. The molecule has 2 N–H and O–H groups in total. The van der Waals surface area contributed by atoms with Gasteiger partial charge in [-0.05, 0) is 87.6 Å². The highest BCUT2D eigenvalue weighted by atomic mass is 32.1. The van der Waals surface area contributed by atoms with Crippen LogP contribution in [0.2, 0.25) is 0 Å². The van der Waals surface area contributed by atoms with E-state index < -0.39 is 29.7 Å². The number of benzene rings is 3. The average Bonchev–Trinajstić information content (AvgIpc) is 2.90. The van der Waals surface area contributed by atoms with Gasteiger partial charge in [0.2, 0.25) is 5.91 Å². The van der Waals surface area contributed by atoms with E-state index in [0.29, 0.717) is 17.7 Å². The molecular formula is C32H41N3O4S. The van der Waals surface area contributed by atoms with E-state index in [9.17, 15) is 14.4 Å². The molecule has 3 rings (SSSR count). The zero-order valence-electron chi connectivity index (χ0n) is 24.4. The summed E-state index contributed by atoms with van der Waals surface area (Å²) >= 11 is 4.37. The maximum absolute atomic E-state index is 14.1. The summed E-state index contributed by atoms with van der Waals surface area (Å²) in [6.45, 7) is 13.1. The molecule has 0 fully saturated rings. The molecule has 0 saturated carbocycles. The summed E-state index contributed by atoms with van der Waals surface area (Å²) in [5.41, 5.74) is 2.68. The van der Waals surface area contributed by atoms with Crippen molar-refractivity contribution in [2.45, 2.75) is 78.6 Å². The van der Waals surface area contributed by atoms with E-state index >= 15 is 0 Å². The van der Waals surface area contributed by atoms with Crippen molar-refractivity contribution in [3.05, 3.63) is 77.4 Å². The largest absolute Gasteiger partial charge is 0.444 e. The van der Waals surface area contributed by atoms with E-state index in [4.69, 9.17) is 4.74 Å². The van der Waals surface area contributed by atoms with Crippen LogP contribution in [0.25, 0.3) is 10.8 Å². The number of hydrogen-bond acceptors (Lipinski definition) is 5. The molecule has 0 aromatic heterocycles. The molecule has 0 radical (unpaired) electrons. The number of amides is 3. The molecule has 0 bridgehead atoms. The second-order valence-electron chi connectivity index (χ2n) is 11.2. The monoisotopic (exact) mass is 563 g/mol. The molecule has 3 aromatic carbocycles. The molecule has 3 atom stereocenters. The average molecular weight is 564 g/mol. The fourth-order valence-corrected chi connectivity index (χ4v) is 4.71. The first-order valence-corrected chi connectivity index (χ1v) is 14.3. The van der Waals surface area contributed by atoms with Crippen molar-refractivity contribution in [2.75, 3.05) is 11.1 Å². The Morgan fingerprint density at radius 1 is 0.950 bits per heavy atom. The zero-order chi connectivity index (χ0) is 29.6. The Morgan fingerprint density at radius 2 is 1.62 bits per heavy atom. The van der Waals surface area contributed by atoms with Crippen molar-refractivity contribution in [1.82, 2.24) is 10.2 Å². The van der Waals surface area contributed by atoms with Gasteiger partial charge in [-0.15, -0.1) is 0 Å². The van der Waals surface area contributed by atoms with Crippen LogP contribution in [0.15, 0.2) is 60.7 Å². The van der Waals surface area contributed by atoms with Gasteiger partial charge in [-0.1, -0.05) is 55.5 Å². The van der Waals surface area contributed by atoms with Gasteiger partial charge in [0, 0.05) is 17.5 Å². The molecule has 0 saturated heterocycles. The Bertz CT molecular complexity index is 1370. The summed E-state index contributed by atoms with van der Waals surface area (Å²) in [4.78, 5) is 42.3. The van der Waals surface area contributed by atoms with E-state index in [1.807, 2.05) is 88.4 Å². The Morgan fingerprint density at radius 3 is 2.23 bits per heavy atom. The summed E-state index contributed by atoms with van der Waals surface area (Å²) in [6.07, 6.45) is -0.116. The third-order valence-electron chi connectivity index (χ3n) is 6.88. The van der Waals surface area contributed by atoms with E-state index in [2.05, 4.69) is 23.3 Å². The first kappa shape index (κ1) is 31.0. The molecule has 0 spiro atoms. The van der Waals surface area contributed by atoms with Gasteiger partial charge in [-0.3, -0.25) is 9.59 Å². The third-order valence-corrected chi connectivity index (χ3v) is 7.25. The molecule has 7 nitrogen and oxygen atoms in total. The number of rotatable bonds is 9. The lowest BCUT2D eigenvalue weighted by molar-refractivity contribution is -0.142. The van der Waals surface area contributed by atoms with Gasteiger partial charge >= 0.3 is 6.09 Å². The first-order valence-electron chi connectivity index (χ1n) is 13.6. The predicted octanol–water partition coefficient (Wildman–Crippen LogP) is 6.59. The van der Waals surface area contributed by atoms with Crippen molar-refractivity contribution >= 4 is 47.0 Å². The van der Waals surface area contributed by atoms with Crippen molar-refractivity contribution in [1.29, 1.82) is 0 Å². The van der Waals surface area contributed by atoms with Crippen molar-refractivity contribution < 1.29 is 19.1 Å². The van der Waals surface area contributed by atoms with Gasteiger partial charge in [-0.25, -0.2) is 4.79 Å². The lowest BCUT2D eigenvalue weighted by Gasteiger charge is -2.38. The Hall–Kier alpha value is -3.52. The Balaban J connectivity index is 2.04. The second kappa shape index (κ2) is 13.2. The van der Waals surface area contributed by atoms with E-state index in [-0.39, 0.29) is 17.7 Å². The third kappa shape index (κ3) is 7.78. The van der Waals surface area contributed by atoms with E-state index in [0.717, 1.165) is 21.9 Å². The van der Waals surface area contributed by atoms with Gasteiger partial charge in [0.1, 0.15) is 17.7 Å². The number of ether oxygens (including phenoxy) is 1. The molecule has 0 heterocycles. The molecule has 214 valence electrons. The Kier molecular flexibility index (Phi) is 10.3. The Labute approximate surface area is 243 Å². The quantitative estimate of drug-likeness (QED) is 0.257. The van der Waals surface area contributed by atoms with Crippen LogP contribution >= 0.6 is 12.6 Å². The number of anilines is 1. The summed E-state index contributed by atoms with van der Waals surface area (Å²) < 4.78 is 5.39. The molecular weight excluding hydrogens is 522 g/mol. The van der Waals surface area contributed by atoms with Crippen LogP contribution in [0.4, 0.5) is 10.5 Å². The first-order chi connectivity index (χ1) is 18.8. The van der Waals surface area contributed by atoms with Crippen molar-refractivity contribution in [2.24, 2.45) is 0 Å². The highest BCUT2D eigenvalue weighted by Crippen LogP contribution is 2.30. The number of hydrogen-bond donors (Lipinski definition) is 3. The molecule has 0 aliphatic rings. The predicted molar refractivity (Wildman–Crippen MR) is 165 cm³/mol. The SMILES string of the molecule is CCC(C)N(C(=O)C(CS)NC(=O)OC(C)(C)C)C(C(=O)Nc1ccc2ccccc2c1)c1ccc(C)c(C)c1. The molecule has 3 unspecified atom stereocenters. The molecule has 40 heavy (non-hydrogen) atoms. The molecule has 8 heteroatoms. The molecule has 0 aliphatic heterocycles. The van der Waals surface area contributed by atoms with Gasteiger partial charge in [-0.2, -0.15) is 12.6 Å². The van der Waals surface area contributed by atoms with Gasteiger partial charge < -0.3 is 20.3 Å². The lowest BCUT2D eigenvalue weighted by Crippen LogP contribution is -2.55. The smallest absolute Gasteiger partial charge is 0.408 e. The summed E-state index contributed by atoms with van der Waals surface area (Å²) in [6, 6.07) is 17.2. The van der Waals surface area contributed by atoms with Crippen LogP contribution in [-0.2, 0) is 14.3 Å². The zero-order valence-corrected chi connectivity index (χ0v) is 25.3. The fraction of sp³-hybridized carbons (Fsp3) is 0.406. The van der Waals surface area contributed by atoms with Crippen molar-refractivity contribution in [3.8, 4) is 0 Å². The van der Waals surface area contributed by atoms with E-state index in [1.165, 1.54) is 0 Å². The topological polar surface area (TPSA) is 87.7 Å². The minimum absolute atomic E-state index is 0.0386. The standard InChI is InChI=1S/C32H41N3O4S/c1-8-22(4)35(30(37)27(19-40)34-31(38)39-32(5,6)7)28(25-14-13-20(2)21(3)17-25)29(36)33-26-16-15-23-11-9-10-12-24(23)18-26/h9-18,22,27-28,40H,8,19H2,1-7H3,(H,33,36)(H,34,38). The van der Waals surface area contributed by atoms with Crippen LogP contribution in [0.3, 0.4) is 0 Å². The van der Waals surface area contributed by atoms with Crippen LogP contribution in [0, 0.1) is 13.8 Å². The second-order valence-corrected chi connectivity index (χ2v) is 11.5. The lowest BCUT2D eigenvalue weighted by atomic mass is 9.96. The maximum atomic E-state index is 14.1. The number of nitrogens with zero attached hydrogens (tertiary/aromatic N) is 1. The number of carbonyl (C=O) groups excluding carboxylic acids is 3. The number of nitrogens with one attached hydrogen (secondary N) is 2. The molecule has 3 amide bonds. The van der Waals surface area contributed by atoms with Crippen LogP contribution in [-0.4, -0.2) is 46.2 Å². The van der Waals surface area contributed by atoms with Crippen molar-refractivity contribution in [3.63, 3.8) is 0 Å². The summed E-state index contributed by atoms with van der Waals surface area (Å²) in [7, 11) is 0. The fourth-order valence-electron chi connectivity index (χ4n) is 4.46. The number of thiol groups is 1. The number of fused-ring (bicyclic) bond motifs is 1. The van der Waals surface area contributed by atoms with Gasteiger partial charge in [0.05, 0.1) is 0 Å². The van der Waals surface area contributed by atoms with Gasteiger partial charge in [0.25, 0.3) is 5.91 Å². The van der Waals surface area contributed by atoms with E-state index in [1.54, 1.807) is 25.7 Å². The van der Waals surface area contributed by atoms with Crippen LogP contribution in [0.1, 0.15) is 63.8 Å².